The summed E-state index contributed by atoms with van der Waals surface area (Å²) in [6.45, 7) is 1.66. The maximum atomic E-state index is 12.9. The van der Waals surface area contributed by atoms with Crippen LogP contribution in [0.2, 0.25) is 4.34 Å². The highest BCUT2D eigenvalue weighted by Crippen LogP contribution is 2.28. The van der Waals surface area contributed by atoms with Gasteiger partial charge in [-0.2, -0.15) is 0 Å². The van der Waals surface area contributed by atoms with Crippen LogP contribution in [-0.4, -0.2) is 23.5 Å². The largest absolute Gasteiger partial charge is 0.481 e. The first-order valence-electron chi connectivity index (χ1n) is 6.89. The molecule has 7 heteroatoms. The molecule has 2 unspecified atom stereocenters. The molecule has 2 N–H and O–H groups in total. The van der Waals surface area contributed by atoms with Crippen molar-refractivity contribution in [1.82, 2.24) is 5.32 Å². The highest BCUT2D eigenvalue weighted by molar-refractivity contribution is 7.16. The standard InChI is InChI=1S/C16H15ClFNO3S/c1-9(13-6-7-14(17)23-13)15(20)19-8-12(16(21)22)10-2-4-11(18)5-3-10/h2-7,9,12H,8H2,1H3,(H,19,20)(H,21,22). The number of halogens is 2. The number of carbonyl (C=O) groups excluding carboxylic acids is 1. The molecule has 4 nitrogen and oxygen atoms in total. The van der Waals surface area contributed by atoms with Gasteiger partial charge in [0.15, 0.2) is 0 Å². The number of carbonyl (C=O) groups is 2. The van der Waals surface area contributed by atoms with Crippen LogP contribution >= 0.6 is 22.9 Å². The zero-order valence-electron chi connectivity index (χ0n) is 12.3. The van der Waals surface area contributed by atoms with E-state index in [0.29, 0.717) is 9.90 Å². The van der Waals surface area contributed by atoms with Crippen LogP contribution in [0.15, 0.2) is 36.4 Å². The third-order valence-corrected chi connectivity index (χ3v) is 4.88. The van der Waals surface area contributed by atoms with Crippen molar-refractivity contribution in [2.24, 2.45) is 0 Å². The van der Waals surface area contributed by atoms with Crippen LogP contribution in [0.3, 0.4) is 0 Å². The Morgan fingerprint density at radius 3 is 2.43 bits per heavy atom. The second-order valence-electron chi connectivity index (χ2n) is 5.05. The average molecular weight is 356 g/mol. The van der Waals surface area contributed by atoms with Gasteiger partial charge in [0.25, 0.3) is 0 Å². The summed E-state index contributed by atoms with van der Waals surface area (Å²) in [5, 5.41) is 11.9. The van der Waals surface area contributed by atoms with Gasteiger partial charge >= 0.3 is 5.97 Å². The fourth-order valence-electron chi connectivity index (χ4n) is 2.09. The van der Waals surface area contributed by atoms with Gasteiger partial charge in [0.2, 0.25) is 5.91 Å². The molecule has 1 heterocycles. The van der Waals surface area contributed by atoms with Gasteiger partial charge in [-0.25, -0.2) is 4.39 Å². The predicted molar refractivity (Wildman–Crippen MR) is 87.5 cm³/mol. The molecule has 0 aliphatic heterocycles. The fourth-order valence-corrected chi connectivity index (χ4v) is 3.20. The van der Waals surface area contributed by atoms with Gasteiger partial charge in [0.1, 0.15) is 5.82 Å². The first-order chi connectivity index (χ1) is 10.9. The van der Waals surface area contributed by atoms with Crippen LogP contribution in [-0.2, 0) is 9.59 Å². The number of hydrogen-bond donors (Lipinski definition) is 2. The number of carboxylic acid groups (broad SMARTS) is 1. The van der Waals surface area contributed by atoms with Crippen LogP contribution in [0.1, 0.15) is 29.2 Å². The quantitative estimate of drug-likeness (QED) is 0.831. The molecular weight excluding hydrogens is 341 g/mol. The molecule has 23 heavy (non-hydrogen) atoms. The van der Waals surface area contributed by atoms with E-state index in [1.165, 1.54) is 35.6 Å². The van der Waals surface area contributed by atoms with E-state index >= 15 is 0 Å². The highest BCUT2D eigenvalue weighted by Gasteiger charge is 2.23. The van der Waals surface area contributed by atoms with Gasteiger partial charge in [-0.3, -0.25) is 9.59 Å². The molecule has 2 atom stereocenters. The van der Waals surface area contributed by atoms with Crippen molar-refractivity contribution in [3.63, 3.8) is 0 Å². The number of amides is 1. The van der Waals surface area contributed by atoms with E-state index in [4.69, 9.17) is 11.6 Å². The van der Waals surface area contributed by atoms with E-state index in [1.54, 1.807) is 19.1 Å². The van der Waals surface area contributed by atoms with E-state index in [2.05, 4.69) is 5.32 Å². The van der Waals surface area contributed by atoms with Crippen molar-refractivity contribution >= 4 is 34.8 Å². The summed E-state index contributed by atoms with van der Waals surface area (Å²) < 4.78 is 13.5. The maximum absolute atomic E-state index is 12.9. The summed E-state index contributed by atoms with van der Waals surface area (Å²) in [6.07, 6.45) is 0. The summed E-state index contributed by atoms with van der Waals surface area (Å²) in [7, 11) is 0. The molecule has 1 aromatic carbocycles. The van der Waals surface area contributed by atoms with Crippen molar-refractivity contribution in [3.05, 3.63) is 57.0 Å². The lowest BCUT2D eigenvalue weighted by Gasteiger charge is -2.16. The molecule has 0 fully saturated rings. The van der Waals surface area contributed by atoms with Crippen LogP contribution < -0.4 is 5.32 Å². The summed E-state index contributed by atoms with van der Waals surface area (Å²) >= 11 is 7.16. The monoisotopic (exact) mass is 355 g/mol. The Bertz CT molecular complexity index is 702. The lowest BCUT2D eigenvalue weighted by Crippen LogP contribution is -2.34. The van der Waals surface area contributed by atoms with Crippen LogP contribution in [0.4, 0.5) is 4.39 Å². The number of nitrogens with one attached hydrogen (secondary N) is 1. The molecule has 1 aromatic heterocycles. The number of thiophene rings is 1. The molecule has 1 amide bonds. The minimum absolute atomic E-state index is 0.0662. The zero-order valence-corrected chi connectivity index (χ0v) is 13.8. The third-order valence-electron chi connectivity index (χ3n) is 3.46. The summed E-state index contributed by atoms with van der Waals surface area (Å²) in [6, 6.07) is 8.69. The summed E-state index contributed by atoms with van der Waals surface area (Å²) in [5.41, 5.74) is 0.436. The van der Waals surface area contributed by atoms with E-state index in [1.807, 2.05) is 0 Å². The van der Waals surface area contributed by atoms with Crippen molar-refractivity contribution in [2.45, 2.75) is 18.8 Å². The van der Waals surface area contributed by atoms with Gasteiger partial charge < -0.3 is 10.4 Å². The number of aliphatic carboxylic acids is 1. The van der Waals surface area contributed by atoms with Gasteiger partial charge in [-0.15, -0.1) is 11.3 Å². The molecular formula is C16H15ClFNO3S. The fraction of sp³-hybridized carbons (Fsp3) is 0.250. The van der Waals surface area contributed by atoms with Crippen molar-refractivity contribution < 1.29 is 19.1 Å². The summed E-state index contributed by atoms with van der Waals surface area (Å²) in [4.78, 5) is 24.4. The lowest BCUT2D eigenvalue weighted by atomic mass is 9.99. The molecule has 2 aromatic rings. The Morgan fingerprint density at radius 1 is 1.26 bits per heavy atom. The maximum Gasteiger partial charge on any atom is 0.312 e. The number of hydrogen-bond acceptors (Lipinski definition) is 3. The molecule has 0 saturated heterocycles. The SMILES string of the molecule is CC(C(=O)NCC(C(=O)O)c1ccc(F)cc1)c1ccc(Cl)s1. The van der Waals surface area contributed by atoms with Gasteiger partial charge in [0.05, 0.1) is 16.2 Å². The average Bonchev–Trinajstić information content (AvgIpc) is 2.94. The Kier molecular flexibility index (Phi) is 5.74. The van der Waals surface area contributed by atoms with E-state index in [0.717, 1.165) is 4.88 Å². The second-order valence-corrected chi connectivity index (χ2v) is 6.80. The van der Waals surface area contributed by atoms with Crippen molar-refractivity contribution in [3.8, 4) is 0 Å². The molecule has 0 bridgehead atoms. The molecule has 0 radical (unpaired) electrons. The molecule has 122 valence electrons. The minimum atomic E-state index is -1.08. The minimum Gasteiger partial charge on any atom is -0.481 e. The molecule has 0 saturated carbocycles. The van der Waals surface area contributed by atoms with Crippen LogP contribution in [0, 0.1) is 5.82 Å². The van der Waals surface area contributed by atoms with E-state index < -0.39 is 23.6 Å². The molecule has 0 aliphatic rings. The first-order valence-corrected chi connectivity index (χ1v) is 8.09. The predicted octanol–water partition coefficient (Wildman–Crippen LogP) is 3.63. The van der Waals surface area contributed by atoms with E-state index in [-0.39, 0.29) is 12.5 Å². The summed E-state index contributed by atoms with van der Waals surface area (Å²) in [5.74, 6) is -3.15. The Balaban J connectivity index is 2.02. The first kappa shape index (κ1) is 17.4. The van der Waals surface area contributed by atoms with Gasteiger partial charge in [-0.05, 0) is 36.8 Å². The van der Waals surface area contributed by atoms with Crippen LogP contribution in [0.5, 0.6) is 0 Å². The van der Waals surface area contributed by atoms with Gasteiger partial charge in [0, 0.05) is 11.4 Å². The Labute approximate surface area is 141 Å². The number of benzene rings is 1. The van der Waals surface area contributed by atoms with Crippen LogP contribution in [0.25, 0.3) is 0 Å². The number of rotatable bonds is 6. The normalized spacial score (nSPS) is 13.3. The Morgan fingerprint density at radius 2 is 1.91 bits per heavy atom. The lowest BCUT2D eigenvalue weighted by molar-refractivity contribution is -0.138. The number of carboxylic acids is 1. The van der Waals surface area contributed by atoms with Crippen molar-refractivity contribution in [1.29, 1.82) is 0 Å². The van der Waals surface area contributed by atoms with Crippen molar-refractivity contribution in [2.75, 3.05) is 6.54 Å². The molecule has 0 aliphatic carbocycles. The highest BCUT2D eigenvalue weighted by atomic mass is 35.5. The van der Waals surface area contributed by atoms with Gasteiger partial charge in [-0.1, -0.05) is 23.7 Å². The molecule has 2 rings (SSSR count). The zero-order chi connectivity index (χ0) is 17.0. The molecule has 0 spiro atoms. The second kappa shape index (κ2) is 7.57. The Hall–Kier alpha value is -1.92. The third kappa shape index (κ3) is 4.53. The topological polar surface area (TPSA) is 66.4 Å². The smallest absolute Gasteiger partial charge is 0.312 e. The van der Waals surface area contributed by atoms with E-state index in [9.17, 15) is 19.1 Å².